The number of nitrogens with zero attached hydrogens (tertiary/aromatic N) is 3. The van der Waals surface area contributed by atoms with E-state index in [-0.39, 0.29) is 6.04 Å². The first-order chi connectivity index (χ1) is 9.49. The summed E-state index contributed by atoms with van der Waals surface area (Å²) in [6.07, 6.45) is 1.08. The Hall–Kier alpha value is -1.88. The Labute approximate surface area is 119 Å². The predicted octanol–water partition coefficient (Wildman–Crippen LogP) is 2.80. The van der Waals surface area contributed by atoms with Crippen molar-refractivity contribution in [1.29, 1.82) is 0 Å². The van der Waals surface area contributed by atoms with Crippen LogP contribution in [0, 0.1) is 6.92 Å². The van der Waals surface area contributed by atoms with E-state index in [9.17, 15) is 5.11 Å². The van der Waals surface area contributed by atoms with Crippen molar-refractivity contribution in [3.8, 4) is 5.75 Å². The van der Waals surface area contributed by atoms with Crippen molar-refractivity contribution in [3.05, 3.63) is 41.5 Å². The summed E-state index contributed by atoms with van der Waals surface area (Å²) >= 11 is 0. The quantitative estimate of drug-likeness (QED) is 0.911. The van der Waals surface area contributed by atoms with E-state index in [4.69, 9.17) is 4.74 Å². The normalized spacial score (nSPS) is 12.7. The lowest BCUT2D eigenvalue weighted by molar-refractivity contribution is 0.199. The molecule has 5 heteroatoms. The molecule has 0 unspecified atom stereocenters. The molecule has 0 aliphatic rings. The molecule has 0 amide bonds. The molecular formula is C15H21N3O2. The van der Waals surface area contributed by atoms with E-state index < -0.39 is 6.10 Å². The third kappa shape index (κ3) is 3.17. The summed E-state index contributed by atoms with van der Waals surface area (Å²) < 4.78 is 7.65. The zero-order chi connectivity index (χ0) is 14.7. The summed E-state index contributed by atoms with van der Waals surface area (Å²) in [6.45, 7) is 8.21. The largest absolute Gasteiger partial charge is 0.485 e. The molecule has 0 aliphatic carbocycles. The van der Waals surface area contributed by atoms with Crippen LogP contribution in [0.3, 0.4) is 0 Å². The smallest absolute Gasteiger partial charge is 0.165 e. The van der Waals surface area contributed by atoms with E-state index in [1.807, 2.05) is 29.8 Å². The van der Waals surface area contributed by atoms with Crippen molar-refractivity contribution in [2.45, 2.75) is 46.4 Å². The van der Waals surface area contributed by atoms with E-state index in [0.717, 1.165) is 22.7 Å². The number of hydrogen-bond acceptors (Lipinski definition) is 4. The van der Waals surface area contributed by atoms with Gasteiger partial charge in [0.05, 0.1) is 6.10 Å². The molecule has 1 aromatic carbocycles. The fourth-order valence-corrected chi connectivity index (χ4v) is 2.05. The number of aryl methyl sites for hydroxylation is 1. The van der Waals surface area contributed by atoms with Gasteiger partial charge in [-0.05, 0) is 51.0 Å². The Kier molecular flexibility index (Phi) is 4.39. The average molecular weight is 275 g/mol. The van der Waals surface area contributed by atoms with Crippen LogP contribution in [0.1, 0.15) is 49.9 Å². The van der Waals surface area contributed by atoms with E-state index in [1.54, 1.807) is 13.3 Å². The van der Waals surface area contributed by atoms with Crippen LogP contribution in [-0.4, -0.2) is 19.9 Å². The monoisotopic (exact) mass is 275 g/mol. The van der Waals surface area contributed by atoms with Crippen molar-refractivity contribution in [2.75, 3.05) is 0 Å². The van der Waals surface area contributed by atoms with Gasteiger partial charge in [0.1, 0.15) is 18.7 Å². The third-order valence-electron chi connectivity index (χ3n) is 3.17. The van der Waals surface area contributed by atoms with Crippen LogP contribution in [0.25, 0.3) is 0 Å². The maximum Gasteiger partial charge on any atom is 0.165 e. The van der Waals surface area contributed by atoms with Crippen molar-refractivity contribution >= 4 is 0 Å². The number of rotatable bonds is 5. The Morgan fingerprint density at radius 1 is 1.30 bits per heavy atom. The zero-order valence-electron chi connectivity index (χ0n) is 12.4. The highest BCUT2D eigenvalue weighted by atomic mass is 16.5. The number of aliphatic hydroxyl groups excluding tert-OH is 1. The predicted molar refractivity (Wildman–Crippen MR) is 76.6 cm³/mol. The molecule has 20 heavy (non-hydrogen) atoms. The van der Waals surface area contributed by atoms with Gasteiger partial charge in [-0.15, -0.1) is 0 Å². The average Bonchev–Trinajstić information content (AvgIpc) is 2.85. The van der Waals surface area contributed by atoms with Gasteiger partial charge in [-0.2, -0.15) is 5.10 Å². The van der Waals surface area contributed by atoms with Gasteiger partial charge in [-0.1, -0.05) is 6.07 Å². The topological polar surface area (TPSA) is 60.2 Å². The van der Waals surface area contributed by atoms with Gasteiger partial charge in [-0.25, -0.2) is 9.67 Å². The second-order valence-corrected chi connectivity index (χ2v) is 5.20. The minimum Gasteiger partial charge on any atom is -0.485 e. The van der Waals surface area contributed by atoms with Crippen LogP contribution < -0.4 is 4.74 Å². The Bertz CT molecular complexity index is 576. The van der Waals surface area contributed by atoms with Gasteiger partial charge in [0, 0.05) is 6.04 Å². The molecular weight excluding hydrogens is 254 g/mol. The van der Waals surface area contributed by atoms with Crippen LogP contribution in [0.4, 0.5) is 0 Å². The van der Waals surface area contributed by atoms with Crippen LogP contribution in [0.15, 0.2) is 24.5 Å². The van der Waals surface area contributed by atoms with E-state index in [2.05, 4.69) is 23.9 Å². The number of benzene rings is 1. The molecule has 1 atom stereocenters. The fourth-order valence-electron chi connectivity index (χ4n) is 2.05. The molecule has 0 bridgehead atoms. The van der Waals surface area contributed by atoms with Crippen LogP contribution >= 0.6 is 0 Å². The summed E-state index contributed by atoms with van der Waals surface area (Å²) in [5.41, 5.74) is 1.89. The molecule has 5 nitrogen and oxygen atoms in total. The lowest BCUT2D eigenvalue weighted by Crippen LogP contribution is -2.11. The molecule has 2 aromatic rings. The molecule has 0 saturated carbocycles. The summed E-state index contributed by atoms with van der Waals surface area (Å²) in [4.78, 5) is 4.21. The summed E-state index contributed by atoms with van der Waals surface area (Å²) in [5.74, 6) is 1.60. The highest BCUT2D eigenvalue weighted by Gasteiger charge is 2.10. The van der Waals surface area contributed by atoms with E-state index in [1.165, 1.54) is 0 Å². The van der Waals surface area contributed by atoms with Gasteiger partial charge in [-0.3, -0.25) is 0 Å². The molecule has 1 aromatic heterocycles. The third-order valence-corrected chi connectivity index (χ3v) is 3.17. The van der Waals surface area contributed by atoms with Gasteiger partial charge in [0.15, 0.2) is 5.82 Å². The zero-order valence-corrected chi connectivity index (χ0v) is 12.4. The first-order valence-electron chi connectivity index (χ1n) is 6.79. The molecule has 0 fully saturated rings. The Morgan fingerprint density at radius 3 is 2.65 bits per heavy atom. The van der Waals surface area contributed by atoms with Crippen LogP contribution in [0.5, 0.6) is 5.75 Å². The van der Waals surface area contributed by atoms with Crippen LogP contribution in [-0.2, 0) is 6.61 Å². The SMILES string of the molecule is Cc1cc([C@H](C)O)ccc1OCc1ncnn1C(C)C. The molecule has 0 radical (unpaired) electrons. The molecule has 0 saturated heterocycles. The molecule has 2 rings (SSSR count). The van der Waals surface area contributed by atoms with Gasteiger partial charge >= 0.3 is 0 Å². The maximum atomic E-state index is 9.55. The second kappa shape index (κ2) is 6.05. The number of aromatic nitrogens is 3. The standard InChI is InChI=1S/C15H21N3O2/c1-10(2)18-15(16-9-17-18)8-20-14-6-5-13(12(4)19)7-11(14)3/h5-7,9-10,12,19H,8H2,1-4H3/t12-/m0/s1. The highest BCUT2D eigenvalue weighted by Crippen LogP contribution is 2.23. The summed E-state index contributed by atoms with van der Waals surface area (Å²) in [5, 5.41) is 13.7. The molecule has 0 spiro atoms. The van der Waals surface area contributed by atoms with Crippen molar-refractivity contribution in [2.24, 2.45) is 0 Å². The first kappa shape index (κ1) is 14.5. The molecule has 1 heterocycles. The Morgan fingerprint density at radius 2 is 2.05 bits per heavy atom. The lowest BCUT2D eigenvalue weighted by Gasteiger charge is -2.13. The van der Waals surface area contributed by atoms with Gasteiger partial charge in [0.25, 0.3) is 0 Å². The molecule has 0 aliphatic heterocycles. The van der Waals surface area contributed by atoms with E-state index >= 15 is 0 Å². The number of hydrogen-bond donors (Lipinski definition) is 1. The van der Waals surface area contributed by atoms with Gasteiger partial charge < -0.3 is 9.84 Å². The highest BCUT2D eigenvalue weighted by molar-refractivity contribution is 5.36. The number of aliphatic hydroxyl groups is 1. The lowest BCUT2D eigenvalue weighted by atomic mass is 10.1. The van der Waals surface area contributed by atoms with E-state index in [0.29, 0.717) is 6.61 Å². The molecule has 1 N–H and O–H groups in total. The minimum atomic E-state index is -0.466. The fraction of sp³-hybridized carbons (Fsp3) is 0.467. The number of ether oxygens (including phenoxy) is 1. The van der Waals surface area contributed by atoms with Crippen LogP contribution in [0.2, 0.25) is 0 Å². The van der Waals surface area contributed by atoms with Crippen molar-refractivity contribution < 1.29 is 9.84 Å². The Balaban J connectivity index is 2.09. The second-order valence-electron chi connectivity index (χ2n) is 5.20. The minimum absolute atomic E-state index is 0.259. The maximum absolute atomic E-state index is 9.55. The van der Waals surface area contributed by atoms with Crippen molar-refractivity contribution in [1.82, 2.24) is 14.8 Å². The molecule has 108 valence electrons. The summed E-state index contributed by atoms with van der Waals surface area (Å²) in [6, 6.07) is 5.95. The summed E-state index contributed by atoms with van der Waals surface area (Å²) in [7, 11) is 0. The van der Waals surface area contributed by atoms with Crippen molar-refractivity contribution in [3.63, 3.8) is 0 Å². The van der Waals surface area contributed by atoms with Gasteiger partial charge in [0.2, 0.25) is 0 Å². The first-order valence-corrected chi connectivity index (χ1v) is 6.79.